The number of ether oxygens (including phenoxy) is 1. The van der Waals surface area contributed by atoms with E-state index in [-0.39, 0.29) is 18.2 Å². The third kappa shape index (κ3) is 4.63. The molecule has 1 aromatic carbocycles. The van der Waals surface area contributed by atoms with Gasteiger partial charge in [-0.05, 0) is 31.0 Å². The SMILES string of the molecule is CCOC(=O)Cc1csc(NN=Cc2ccc(C)c(F)c2)n1. The first kappa shape index (κ1) is 16.1. The van der Waals surface area contributed by atoms with Gasteiger partial charge in [-0.1, -0.05) is 12.1 Å². The molecule has 7 heteroatoms. The number of aryl methyl sites for hydroxylation is 1. The summed E-state index contributed by atoms with van der Waals surface area (Å²) in [5.41, 5.74) is 4.63. The molecule has 0 unspecified atom stereocenters. The van der Waals surface area contributed by atoms with E-state index in [2.05, 4.69) is 15.5 Å². The van der Waals surface area contributed by atoms with Gasteiger partial charge >= 0.3 is 5.97 Å². The van der Waals surface area contributed by atoms with Crippen LogP contribution in [0.4, 0.5) is 9.52 Å². The van der Waals surface area contributed by atoms with Crippen LogP contribution in [0.1, 0.15) is 23.7 Å². The molecule has 0 atom stereocenters. The number of nitrogens with zero attached hydrogens (tertiary/aromatic N) is 2. The largest absolute Gasteiger partial charge is 0.466 e. The van der Waals surface area contributed by atoms with Gasteiger partial charge in [0.1, 0.15) is 5.82 Å². The second kappa shape index (κ2) is 7.65. The van der Waals surface area contributed by atoms with Crippen LogP contribution in [0.25, 0.3) is 0 Å². The van der Waals surface area contributed by atoms with Gasteiger partial charge in [0.15, 0.2) is 0 Å². The Hall–Kier alpha value is -2.28. The van der Waals surface area contributed by atoms with E-state index in [1.807, 2.05) is 0 Å². The van der Waals surface area contributed by atoms with Crippen molar-refractivity contribution in [1.82, 2.24) is 4.98 Å². The monoisotopic (exact) mass is 321 g/mol. The number of hydrazone groups is 1. The molecule has 0 aliphatic carbocycles. The van der Waals surface area contributed by atoms with Crippen molar-refractivity contribution in [2.75, 3.05) is 12.0 Å². The summed E-state index contributed by atoms with van der Waals surface area (Å²) < 4.78 is 18.2. The number of carbonyl (C=O) groups is 1. The fourth-order valence-corrected chi connectivity index (χ4v) is 2.31. The number of nitrogens with one attached hydrogen (secondary N) is 1. The zero-order chi connectivity index (χ0) is 15.9. The molecule has 0 saturated carbocycles. The zero-order valence-corrected chi connectivity index (χ0v) is 13.1. The fourth-order valence-electron chi connectivity index (χ4n) is 1.65. The Morgan fingerprint density at radius 1 is 1.55 bits per heavy atom. The van der Waals surface area contributed by atoms with Crippen molar-refractivity contribution in [2.24, 2.45) is 5.10 Å². The maximum atomic E-state index is 13.4. The van der Waals surface area contributed by atoms with E-state index in [0.29, 0.717) is 28.6 Å². The van der Waals surface area contributed by atoms with Crippen molar-refractivity contribution in [3.8, 4) is 0 Å². The molecule has 0 amide bonds. The predicted molar refractivity (Wildman–Crippen MR) is 84.8 cm³/mol. The smallest absolute Gasteiger partial charge is 0.311 e. The molecule has 0 bridgehead atoms. The topological polar surface area (TPSA) is 63.6 Å². The molecule has 1 N–H and O–H groups in total. The number of rotatable bonds is 6. The van der Waals surface area contributed by atoms with Gasteiger partial charge in [0.2, 0.25) is 5.13 Å². The van der Waals surface area contributed by atoms with Crippen molar-refractivity contribution in [1.29, 1.82) is 0 Å². The van der Waals surface area contributed by atoms with E-state index in [4.69, 9.17) is 4.74 Å². The second-order valence-corrected chi connectivity index (χ2v) is 5.36. The molecule has 5 nitrogen and oxygen atoms in total. The predicted octanol–water partition coefficient (Wildman–Crippen LogP) is 3.14. The number of thiazole rings is 1. The molecule has 22 heavy (non-hydrogen) atoms. The molecule has 0 aliphatic rings. The molecular weight excluding hydrogens is 305 g/mol. The number of hydrogen-bond acceptors (Lipinski definition) is 6. The number of benzene rings is 1. The maximum absolute atomic E-state index is 13.4. The Morgan fingerprint density at radius 2 is 2.36 bits per heavy atom. The Morgan fingerprint density at radius 3 is 3.09 bits per heavy atom. The van der Waals surface area contributed by atoms with Gasteiger partial charge in [-0.2, -0.15) is 5.10 Å². The fraction of sp³-hybridized carbons (Fsp3) is 0.267. The molecule has 2 aromatic rings. The van der Waals surface area contributed by atoms with Crippen molar-refractivity contribution >= 4 is 28.7 Å². The molecule has 116 valence electrons. The quantitative estimate of drug-likeness (QED) is 0.504. The lowest BCUT2D eigenvalue weighted by Crippen LogP contribution is -2.07. The Balaban J connectivity index is 1.91. The van der Waals surface area contributed by atoms with Crippen molar-refractivity contribution in [3.63, 3.8) is 0 Å². The number of esters is 1. The number of hydrogen-bond donors (Lipinski definition) is 1. The summed E-state index contributed by atoms with van der Waals surface area (Å²) in [6, 6.07) is 4.88. The number of anilines is 1. The second-order valence-electron chi connectivity index (χ2n) is 4.50. The number of aromatic nitrogens is 1. The summed E-state index contributed by atoms with van der Waals surface area (Å²) in [4.78, 5) is 15.6. The minimum Gasteiger partial charge on any atom is -0.466 e. The van der Waals surface area contributed by atoms with Gasteiger partial charge in [-0.3, -0.25) is 10.2 Å². The lowest BCUT2D eigenvalue weighted by atomic mass is 10.1. The third-order valence-electron chi connectivity index (χ3n) is 2.75. The summed E-state index contributed by atoms with van der Waals surface area (Å²) >= 11 is 1.33. The first-order valence-corrected chi connectivity index (χ1v) is 7.61. The molecule has 2 rings (SSSR count). The average molecular weight is 321 g/mol. The van der Waals surface area contributed by atoms with Gasteiger partial charge in [0.05, 0.1) is 24.9 Å². The average Bonchev–Trinajstić information content (AvgIpc) is 2.90. The standard InChI is InChI=1S/C15H16FN3O2S/c1-3-21-14(20)7-12-9-22-15(18-12)19-17-8-11-5-4-10(2)13(16)6-11/h4-6,8-9H,3,7H2,1-2H3,(H,18,19). The first-order chi connectivity index (χ1) is 10.6. The first-order valence-electron chi connectivity index (χ1n) is 6.73. The number of carbonyl (C=O) groups excluding carboxylic acids is 1. The third-order valence-corrected chi connectivity index (χ3v) is 3.55. The van der Waals surface area contributed by atoms with E-state index in [9.17, 15) is 9.18 Å². The maximum Gasteiger partial charge on any atom is 0.311 e. The highest BCUT2D eigenvalue weighted by molar-refractivity contribution is 7.13. The molecule has 1 heterocycles. The van der Waals surface area contributed by atoms with Gasteiger partial charge in [-0.25, -0.2) is 9.37 Å². The van der Waals surface area contributed by atoms with Crippen LogP contribution in [0.5, 0.6) is 0 Å². The van der Waals surface area contributed by atoms with Crippen molar-refractivity contribution in [2.45, 2.75) is 20.3 Å². The van der Waals surface area contributed by atoms with Crippen molar-refractivity contribution < 1.29 is 13.9 Å². The van der Waals surface area contributed by atoms with E-state index < -0.39 is 0 Å². The van der Waals surface area contributed by atoms with Crippen LogP contribution in [0.3, 0.4) is 0 Å². The summed E-state index contributed by atoms with van der Waals surface area (Å²) in [5.74, 6) is -0.576. The summed E-state index contributed by atoms with van der Waals surface area (Å²) in [5, 5.41) is 6.32. The molecule has 0 fully saturated rings. The minimum absolute atomic E-state index is 0.138. The zero-order valence-electron chi connectivity index (χ0n) is 12.3. The lowest BCUT2D eigenvalue weighted by Gasteiger charge is -1.98. The summed E-state index contributed by atoms with van der Waals surface area (Å²) in [6.45, 7) is 3.81. The van der Waals surface area contributed by atoms with Crippen LogP contribution in [-0.4, -0.2) is 23.8 Å². The van der Waals surface area contributed by atoms with Crippen LogP contribution in [0.2, 0.25) is 0 Å². The van der Waals surface area contributed by atoms with E-state index in [1.165, 1.54) is 23.6 Å². The Bertz CT molecular complexity index is 685. The van der Waals surface area contributed by atoms with Crippen LogP contribution in [-0.2, 0) is 16.0 Å². The van der Waals surface area contributed by atoms with Crippen LogP contribution >= 0.6 is 11.3 Å². The molecule has 1 aromatic heterocycles. The van der Waals surface area contributed by atoms with E-state index >= 15 is 0 Å². The van der Waals surface area contributed by atoms with Gasteiger partial charge < -0.3 is 4.74 Å². The molecule has 0 aliphatic heterocycles. The van der Waals surface area contributed by atoms with Gasteiger partial charge in [-0.15, -0.1) is 11.3 Å². The van der Waals surface area contributed by atoms with Gasteiger partial charge in [0, 0.05) is 5.38 Å². The van der Waals surface area contributed by atoms with Crippen LogP contribution < -0.4 is 5.43 Å². The Labute approximate surface area is 131 Å². The highest BCUT2D eigenvalue weighted by Gasteiger charge is 2.07. The Kier molecular flexibility index (Phi) is 5.60. The molecular formula is C15H16FN3O2S. The van der Waals surface area contributed by atoms with Gasteiger partial charge in [0.25, 0.3) is 0 Å². The number of halogens is 1. The minimum atomic E-state index is -0.307. The normalized spacial score (nSPS) is 10.9. The molecule has 0 spiro atoms. The summed E-state index contributed by atoms with van der Waals surface area (Å²) in [6.07, 6.45) is 1.65. The van der Waals surface area contributed by atoms with E-state index in [1.54, 1.807) is 31.4 Å². The van der Waals surface area contributed by atoms with Crippen LogP contribution in [0.15, 0.2) is 28.7 Å². The van der Waals surface area contributed by atoms with Crippen molar-refractivity contribution in [3.05, 3.63) is 46.2 Å². The molecule has 0 radical (unpaired) electrons. The highest BCUT2D eigenvalue weighted by atomic mass is 32.1. The van der Waals surface area contributed by atoms with E-state index in [0.717, 1.165) is 0 Å². The molecule has 0 saturated heterocycles. The van der Waals surface area contributed by atoms with Crippen LogP contribution in [0, 0.1) is 12.7 Å². The summed E-state index contributed by atoms with van der Waals surface area (Å²) in [7, 11) is 0. The lowest BCUT2D eigenvalue weighted by molar-refractivity contribution is -0.142. The highest BCUT2D eigenvalue weighted by Crippen LogP contribution is 2.16.